The van der Waals surface area contributed by atoms with Crippen LogP contribution in [0.4, 0.5) is 0 Å². The number of hydrogen-bond acceptors (Lipinski definition) is 4. The molecule has 5 rings (SSSR count). The summed E-state index contributed by atoms with van der Waals surface area (Å²) in [4.78, 5) is 27.9. The van der Waals surface area contributed by atoms with Gasteiger partial charge in [-0.05, 0) is 53.9 Å². The van der Waals surface area contributed by atoms with E-state index in [2.05, 4.69) is 0 Å². The molecule has 0 spiro atoms. The van der Waals surface area contributed by atoms with E-state index >= 15 is 0 Å². The van der Waals surface area contributed by atoms with Crippen molar-refractivity contribution in [2.24, 2.45) is 0 Å². The number of rotatable bonds is 4. The first-order valence-corrected chi connectivity index (χ1v) is 11.7. The number of carbonyl (C=O) groups excluding carboxylic acids is 2. The zero-order valence-electron chi connectivity index (χ0n) is 18.3. The Balaban J connectivity index is 1.65. The highest BCUT2D eigenvalue weighted by Crippen LogP contribution is 2.42. The second-order valence-electron chi connectivity index (χ2n) is 8.54. The van der Waals surface area contributed by atoms with Crippen molar-refractivity contribution < 1.29 is 19.4 Å². The fraction of sp³-hybridized carbons (Fsp3) is 0.185. The average Bonchev–Trinajstić information content (AvgIpc) is 3.32. The lowest BCUT2D eigenvalue weighted by Gasteiger charge is -2.25. The Kier molecular flexibility index (Phi) is 5.84. The van der Waals surface area contributed by atoms with E-state index < -0.39 is 17.7 Å². The van der Waals surface area contributed by atoms with Crippen molar-refractivity contribution in [3.05, 3.63) is 105 Å². The summed E-state index contributed by atoms with van der Waals surface area (Å²) in [6, 6.07) is 18.8. The molecule has 0 bridgehead atoms. The van der Waals surface area contributed by atoms with Crippen molar-refractivity contribution in [2.75, 3.05) is 0 Å². The molecule has 0 aromatic heterocycles. The number of Topliss-reactive ketones (excluding diaryl/α,β-unsaturated/α-hetero) is 1. The van der Waals surface area contributed by atoms with Crippen LogP contribution in [0.3, 0.4) is 0 Å². The lowest BCUT2D eigenvalue weighted by atomic mass is 9.94. The number of aliphatic hydroxyl groups is 1. The van der Waals surface area contributed by atoms with Gasteiger partial charge >= 0.3 is 0 Å². The minimum atomic E-state index is -0.821. The third-order valence-corrected chi connectivity index (χ3v) is 6.90. The van der Waals surface area contributed by atoms with Crippen molar-refractivity contribution in [2.45, 2.75) is 32.0 Å². The number of halogens is 2. The molecule has 2 heterocycles. The van der Waals surface area contributed by atoms with Crippen LogP contribution >= 0.6 is 23.2 Å². The van der Waals surface area contributed by atoms with Gasteiger partial charge in [0.15, 0.2) is 0 Å². The van der Waals surface area contributed by atoms with Gasteiger partial charge in [-0.25, -0.2) is 0 Å². The summed E-state index contributed by atoms with van der Waals surface area (Å²) in [7, 11) is 0. The second-order valence-corrected chi connectivity index (χ2v) is 9.36. The number of likely N-dealkylation sites (tertiary alicyclic amines) is 1. The number of hydrogen-bond donors (Lipinski definition) is 1. The van der Waals surface area contributed by atoms with E-state index in [0.29, 0.717) is 27.6 Å². The molecule has 1 N–H and O–H groups in total. The Labute approximate surface area is 207 Å². The van der Waals surface area contributed by atoms with Gasteiger partial charge in [0, 0.05) is 18.5 Å². The zero-order chi connectivity index (χ0) is 24.0. The van der Waals surface area contributed by atoms with Gasteiger partial charge in [-0.15, -0.1) is 0 Å². The number of ether oxygens (including phenoxy) is 1. The van der Waals surface area contributed by atoms with Crippen LogP contribution in [0.5, 0.6) is 5.75 Å². The maximum Gasteiger partial charge on any atom is 0.295 e. The molecule has 3 aromatic carbocycles. The van der Waals surface area contributed by atoms with E-state index in [1.807, 2.05) is 43.3 Å². The molecular weight excluding hydrogens is 473 g/mol. The SMILES string of the molecule is C[C@H]1Cc2cc(C(O)=C3C(=O)C(=O)N(Cc4ccccc4)[C@H]3c3ccc(Cl)c(Cl)c3)ccc2O1. The van der Waals surface area contributed by atoms with Crippen molar-refractivity contribution >= 4 is 40.7 Å². The Morgan fingerprint density at radius 2 is 1.79 bits per heavy atom. The molecule has 5 nitrogen and oxygen atoms in total. The van der Waals surface area contributed by atoms with Crippen molar-refractivity contribution in [1.29, 1.82) is 0 Å². The fourth-order valence-electron chi connectivity index (χ4n) is 4.58. The highest BCUT2D eigenvalue weighted by Gasteiger charge is 2.46. The molecule has 0 unspecified atom stereocenters. The monoisotopic (exact) mass is 493 g/mol. The van der Waals surface area contributed by atoms with E-state index in [1.165, 1.54) is 4.90 Å². The van der Waals surface area contributed by atoms with E-state index in [-0.39, 0.29) is 24.0 Å². The predicted octanol–water partition coefficient (Wildman–Crippen LogP) is 5.94. The van der Waals surface area contributed by atoms with E-state index in [9.17, 15) is 14.7 Å². The second kappa shape index (κ2) is 8.82. The highest BCUT2D eigenvalue weighted by molar-refractivity contribution is 6.46. The van der Waals surface area contributed by atoms with E-state index in [1.54, 1.807) is 30.3 Å². The standard InChI is InChI=1S/C27H21Cl2NO4/c1-15-11-19-12-18(8-10-22(19)34-15)25(31)23-24(17-7-9-20(28)21(29)13-17)30(27(33)26(23)32)14-16-5-3-2-4-6-16/h2-10,12-13,15,24,31H,11,14H2,1H3/t15-,24-/m0/s1. The van der Waals surface area contributed by atoms with Gasteiger partial charge in [0.05, 0.1) is 21.7 Å². The van der Waals surface area contributed by atoms with Crippen molar-refractivity contribution in [1.82, 2.24) is 4.90 Å². The Bertz CT molecular complexity index is 1340. The maximum absolute atomic E-state index is 13.2. The van der Waals surface area contributed by atoms with Crippen LogP contribution in [0.2, 0.25) is 10.0 Å². The molecule has 1 amide bonds. The normalized spacial score (nSPS) is 21.0. The number of benzene rings is 3. The first kappa shape index (κ1) is 22.5. The fourth-order valence-corrected chi connectivity index (χ4v) is 4.88. The highest BCUT2D eigenvalue weighted by atomic mass is 35.5. The molecule has 3 aromatic rings. The predicted molar refractivity (Wildman–Crippen MR) is 131 cm³/mol. The van der Waals surface area contributed by atoms with Crippen molar-refractivity contribution in [3.63, 3.8) is 0 Å². The summed E-state index contributed by atoms with van der Waals surface area (Å²) in [6.45, 7) is 2.17. The third kappa shape index (κ3) is 3.95. The molecule has 2 atom stereocenters. The van der Waals surface area contributed by atoms with Crippen LogP contribution in [0, 0.1) is 0 Å². The quantitative estimate of drug-likeness (QED) is 0.277. The number of carbonyl (C=O) groups is 2. The molecule has 0 radical (unpaired) electrons. The van der Waals surface area contributed by atoms with E-state index in [4.69, 9.17) is 27.9 Å². The van der Waals surface area contributed by atoms with Crippen LogP contribution in [0.25, 0.3) is 5.76 Å². The Morgan fingerprint density at radius 1 is 1.03 bits per heavy atom. The maximum atomic E-state index is 13.2. The summed E-state index contributed by atoms with van der Waals surface area (Å²) in [5.41, 5.74) is 2.87. The first-order valence-electron chi connectivity index (χ1n) is 10.9. The van der Waals surface area contributed by atoms with Crippen LogP contribution in [0.1, 0.15) is 35.2 Å². The van der Waals surface area contributed by atoms with Crippen LogP contribution in [-0.4, -0.2) is 27.8 Å². The van der Waals surface area contributed by atoms with Gasteiger partial charge in [-0.1, -0.05) is 59.6 Å². The summed E-state index contributed by atoms with van der Waals surface area (Å²) < 4.78 is 5.75. The van der Waals surface area contributed by atoms with Gasteiger partial charge in [-0.3, -0.25) is 9.59 Å². The lowest BCUT2D eigenvalue weighted by molar-refractivity contribution is -0.140. The number of amides is 1. The zero-order valence-corrected chi connectivity index (χ0v) is 19.8. The van der Waals surface area contributed by atoms with Gasteiger partial charge in [0.1, 0.15) is 17.6 Å². The van der Waals surface area contributed by atoms with Gasteiger partial charge in [0.25, 0.3) is 11.7 Å². The average molecular weight is 494 g/mol. The van der Waals surface area contributed by atoms with Gasteiger partial charge in [0.2, 0.25) is 0 Å². The molecular formula is C27H21Cl2NO4. The molecule has 34 heavy (non-hydrogen) atoms. The first-order chi connectivity index (χ1) is 16.3. The molecule has 172 valence electrons. The number of aliphatic hydroxyl groups excluding tert-OH is 1. The molecule has 2 aliphatic heterocycles. The summed E-state index contributed by atoms with van der Waals surface area (Å²) in [6.07, 6.45) is 0.745. The largest absolute Gasteiger partial charge is 0.507 e. The number of nitrogens with zero attached hydrogens (tertiary/aromatic N) is 1. The third-order valence-electron chi connectivity index (χ3n) is 6.16. The molecule has 2 aliphatic rings. The Morgan fingerprint density at radius 3 is 2.53 bits per heavy atom. The van der Waals surface area contributed by atoms with Crippen LogP contribution < -0.4 is 4.74 Å². The summed E-state index contributed by atoms with van der Waals surface area (Å²) in [5, 5.41) is 12.0. The van der Waals surface area contributed by atoms with Crippen LogP contribution in [0.15, 0.2) is 72.3 Å². The molecule has 7 heteroatoms. The van der Waals surface area contributed by atoms with Gasteiger partial charge in [-0.2, -0.15) is 0 Å². The molecule has 0 aliphatic carbocycles. The van der Waals surface area contributed by atoms with E-state index in [0.717, 1.165) is 16.9 Å². The minimum absolute atomic E-state index is 0.0197. The van der Waals surface area contributed by atoms with Gasteiger partial charge < -0.3 is 14.7 Å². The Hall–Kier alpha value is -3.28. The number of fused-ring (bicyclic) bond motifs is 1. The lowest BCUT2D eigenvalue weighted by Crippen LogP contribution is -2.29. The minimum Gasteiger partial charge on any atom is -0.507 e. The molecule has 1 saturated heterocycles. The smallest absolute Gasteiger partial charge is 0.295 e. The van der Waals surface area contributed by atoms with Crippen LogP contribution in [-0.2, 0) is 22.6 Å². The topological polar surface area (TPSA) is 66.8 Å². The molecule has 0 saturated carbocycles. The van der Waals surface area contributed by atoms with Crippen molar-refractivity contribution in [3.8, 4) is 5.75 Å². The molecule has 1 fully saturated rings. The summed E-state index contributed by atoms with van der Waals surface area (Å²) >= 11 is 12.4. The summed E-state index contributed by atoms with van der Waals surface area (Å²) in [5.74, 6) is -0.892. The number of ketones is 1.